The molecule has 1 saturated heterocycles. The van der Waals surface area contributed by atoms with Crippen molar-refractivity contribution in [2.75, 3.05) is 19.8 Å². The first-order chi connectivity index (χ1) is 12.7. The van der Waals surface area contributed by atoms with Crippen LogP contribution in [0.3, 0.4) is 0 Å². The highest BCUT2D eigenvalue weighted by Gasteiger charge is 2.48. The van der Waals surface area contributed by atoms with Crippen LogP contribution in [-0.2, 0) is 14.3 Å². The van der Waals surface area contributed by atoms with Gasteiger partial charge in [-0.2, -0.15) is 0 Å². The van der Waals surface area contributed by atoms with E-state index in [2.05, 4.69) is 5.32 Å². The molecule has 8 heteroatoms. The van der Waals surface area contributed by atoms with Crippen LogP contribution >= 0.6 is 11.6 Å². The second-order valence-corrected chi connectivity index (χ2v) is 7.55. The quantitative estimate of drug-likeness (QED) is 0.394. The van der Waals surface area contributed by atoms with E-state index in [4.69, 9.17) is 21.1 Å². The van der Waals surface area contributed by atoms with Gasteiger partial charge >= 0.3 is 12.0 Å². The molecule has 1 aromatic rings. The van der Waals surface area contributed by atoms with E-state index in [1.807, 2.05) is 13.8 Å². The number of halogens is 1. The van der Waals surface area contributed by atoms with Crippen LogP contribution < -0.4 is 10.1 Å². The van der Waals surface area contributed by atoms with Crippen molar-refractivity contribution in [3.05, 3.63) is 29.3 Å². The van der Waals surface area contributed by atoms with E-state index >= 15 is 0 Å². The topological polar surface area (TPSA) is 84.9 Å². The largest absolute Gasteiger partial charge is 0.490 e. The van der Waals surface area contributed by atoms with E-state index in [1.54, 1.807) is 31.2 Å². The summed E-state index contributed by atoms with van der Waals surface area (Å²) < 4.78 is 10.5. The van der Waals surface area contributed by atoms with E-state index < -0.39 is 30.0 Å². The van der Waals surface area contributed by atoms with Crippen molar-refractivity contribution >= 4 is 29.5 Å². The molecule has 148 valence electrons. The van der Waals surface area contributed by atoms with Crippen molar-refractivity contribution in [2.45, 2.75) is 39.2 Å². The molecule has 1 aliphatic heterocycles. The lowest BCUT2D eigenvalue weighted by atomic mass is 9.92. The number of imide groups is 1. The third-order valence-corrected chi connectivity index (χ3v) is 4.53. The molecule has 1 atom stereocenters. The summed E-state index contributed by atoms with van der Waals surface area (Å²) in [6, 6.07) is 6.22. The summed E-state index contributed by atoms with van der Waals surface area (Å²) in [6.07, 6.45) is 1.32. The minimum atomic E-state index is -0.973. The summed E-state index contributed by atoms with van der Waals surface area (Å²) in [5, 5.41) is 3.28. The molecule has 1 heterocycles. The average molecular weight is 397 g/mol. The molecule has 2 rings (SSSR count). The second-order valence-electron chi connectivity index (χ2n) is 7.11. The molecule has 7 nitrogen and oxygen atoms in total. The van der Waals surface area contributed by atoms with Crippen LogP contribution in [0.2, 0.25) is 5.02 Å². The Morgan fingerprint density at radius 1 is 1.22 bits per heavy atom. The number of hydrogen-bond donors (Lipinski definition) is 1. The van der Waals surface area contributed by atoms with Gasteiger partial charge in [-0.15, -0.1) is 0 Å². The molecule has 0 aromatic heterocycles. The Morgan fingerprint density at radius 3 is 2.52 bits per heavy atom. The molecule has 0 saturated carbocycles. The Kier molecular flexibility index (Phi) is 7.07. The molecule has 1 aromatic carbocycles. The van der Waals surface area contributed by atoms with Crippen molar-refractivity contribution in [3.63, 3.8) is 0 Å². The average Bonchev–Trinajstić information content (AvgIpc) is 2.82. The number of esters is 1. The molecule has 0 radical (unpaired) electrons. The number of urea groups is 1. The number of nitrogens with one attached hydrogen (secondary N) is 1. The molecule has 1 N–H and O–H groups in total. The fourth-order valence-corrected chi connectivity index (χ4v) is 2.78. The first-order valence-electron chi connectivity index (χ1n) is 8.89. The molecule has 0 unspecified atom stereocenters. The van der Waals surface area contributed by atoms with E-state index in [1.165, 1.54) is 0 Å². The van der Waals surface area contributed by atoms with Gasteiger partial charge in [0.05, 0.1) is 0 Å². The third kappa shape index (κ3) is 5.85. The van der Waals surface area contributed by atoms with Gasteiger partial charge in [0.25, 0.3) is 5.91 Å². The van der Waals surface area contributed by atoms with Crippen molar-refractivity contribution in [1.29, 1.82) is 0 Å². The number of rotatable bonds is 9. The highest BCUT2D eigenvalue weighted by Crippen LogP contribution is 2.24. The Morgan fingerprint density at radius 2 is 1.89 bits per heavy atom. The fourth-order valence-electron chi connectivity index (χ4n) is 2.66. The Labute approximate surface area is 163 Å². The fraction of sp³-hybridized carbons (Fsp3) is 0.526. The Balaban J connectivity index is 1.76. The number of benzene rings is 1. The lowest BCUT2D eigenvalue weighted by Gasteiger charge is -2.22. The molecule has 0 aliphatic carbocycles. The van der Waals surface area contributed by atoms with Gasteiger partial charge in [0.2, 0.25) is 0 Å². The van der Waals surface area contributed by atoms with Crippen molar-refractivity contribution in [1.82, 2.24) is 10.2 Å². The number of carbonyl (C=O) groups excluding carboxylic acids is 3. The Bertz CT molecular complexity index is 692. The highest BCUT2D eigenvalue weighted by molar-refractivity contribution is 6.30. The first-order valence-corrected chi connectivity index (χ1v) is 9.27. The maximum atomic E-state index is 12.5. The monoisotopic (exact) mass is 396 g/mol. The molecule has 1 aliphatic rings. The van der Waals surface area contributed by atoms with E-state index in [0.29, 0.717) is 23.1 Å². The van der Waals surface area contributed by atoms with Gasteiger partial charge in [-0.1, -0.05) is 25.4 Å². The molecule has 0 spiro atoms. The molecule has 1 fully saturated rings. The Hall–Kier alpha value is -2.28. The number of ether oxygens (including phenoxy) is 2. The zero-order valence-electron chi connectivity index (χ0n) is 15.8. The van der Waals surface area contributed by atoms with Gasteiger partial charge in [-0.25, -0.2) is 4.79 Å². The number of nitrogens with zero attached hydrogens (tertiary/aromatic N) is 1. The summed E-state index contributed by atoms with van der Waals surface area (Å²) in [6.45, 7) is 5.52. The van der Waals surface area contributed by atoms with Crippen molar-refractivity contribution < 1.29 is 23.9 Å². The number of carbonyl (C=O) groups is 3. The standard InChI is InChI=1S/C19H25ClN2O5/c1-13(2)8-9-19(3)17(24)22(18(25)21-19)12-16(23)27-11-10-26-15-6-4-14(20)5-7-15/h4-7,13H,8-12H2,1-3H3,(H,21,25)/t19-/m0/s1. The second kappa shape index (κ2) is 9.08. The van der Waals surface area contributed by atoms with Gasteiger partial charge in [-0.3, -0.25) is 14.5 Å². The first kappa shape index (κ1) is 21.0. The maximum Gasteiger partial charge on any atom is 0.326 e. The normalized spacial score (nSPS) is 19.4. The van der Waals surface area contributed by atoms with Crippen LogP contribution in [-0.4, -0.2) is 48.1 Å². The molecule has 0 bridgehead atoms. The van der Waals surface area contributed by atoms with Crippen LogP contribution in [0.15, 0.2) is 24.3 Å². The molecular weight excluding hydrogens is 372 g/mol. The predicted molar refractivity (Wildman–Crippen MR) is 101 cm³/mol. The van der Waals surface area contributed by atoms with Crippen LogP contribution in [0.5, 0.6) is 5.75 Å². The van der Waals surface area contributed by atoms with Crippen LogP contribution in [0, 0.1) is 5.92 Å². The lowest BCUT2D eigenvalue weighted by molar-refractivity contribution is -0.148. The minimum Gasteiger partial charge on any atom is -0.490 e. The van der Waals surface area contributed by atoms with Gasteiger partial charge in [0.1, 0.15) is 31.0 Å². The van der Waals surface area contributed by atoms with Gasteiger partial charge < -0.3 is 14.8 Å². The summed E-state index contributed by atoms with van der Waals surface area (Å²) in [5.41, 5.74) is -0.973. The van der Waals surface area contributed by atoms with Crippen LogP contribution in [0.4, 0.5) is 4.79 Å². The smallest absolute Gasteiger partial charge is 0.326 e. The van der Waals surface area contributed by atoms with Gasteiger partial charge in [-0.05, 0) is 49.9 Å². The maximum absolute atomic E-state index is 12.5. The van der Waals surface area contributed by atoms with Gasteiger partial charge in [0.15, 0.2) is 0 Å². The molecular formula is C19H25ClN2O5. The number of amides is 3. The zero-order valence-corrected chi connectivity index (χ0v) is 16.5. The summed E-state index contributed by atoms with van der Waals surface area (Å²) in [7, 11) is 0. The highest BCUT2D eigenvalue weighted by atomic mass is 35.5. The zero-order chi connectivity index (χ0) is 20.0. The van der Waals surface area contributed by atoms with E-state index in [0.717, 1.165) is 11.3 Å². The predicted octanol–water partition coefficient (Wildman–Crippen LogP) is 3.01. The van der Waals surface area contributed by atoms with E-state index in [9.17, 15) is 14.4 Å². The number of hydrogen-bond acceptors (Lipinski definition) is 5. The summed E-state index contributed by atoms with van der Waals surface area (Å²) >= 11 is 5.78. The molecule has 3 amide bonds. The SMILES string of the molecule is CC(C)CC[C@]1(C)NC(=O)N(CC(=O)OCCOc2ccc(Cl)cc2)C1=O. The molecule has 27 heavy (non-hydrogen) atoms. The summed E-state index contributed by atoms with van der Waals surface area (Å²) in [5.74, 6) is -0.0505. The summed E-state index contributed by atoms with van der Waals surface area (Å²) in [4.78, 5) is 37.5. The van der Waals surface area contributed by atoms with Crippen molar-refractivity contribution in [3.8, 4) is 5.75 Å². The van der Waals surface area contributed by atoms with Crippen LogP contribution in [0.1, 0.15) is 33.6 Å². The van der Waals surface area contributed by atoms with E-state index in [-0.39, 0.29) is 13.2 Å². The van der Waals surface area contributed by atoms with Crippen molar-refractivity contribution in [2.24, 2.45) is 5.92 Å². The lowest BCUT2D eigenvalue weighted by Crippen LogP contribution is -2.44. The van der Waals surface area contributed by atoms with Crippen LogP contribution in [0.25, 0.3) is 0 Å². The van der Waals surface area contributed by atoms with Gasteiger partial charge in [0, 0.05) is 5.02 Å². The third-order valence-electron chi connectivity index (χ3n) is 4.28. The minimum absolute atomic E-state index is 0.00965.